The van der Waals surface area contributed by atoms with Crippen LogP contribution >= 0.6 is 11.8 Å². The molecule has 0 bridgehead atoms. The normalized spacial score (nSPS) is 14.5. The Morgan fingerprint density at radius 3 is 2.46 bits per heavy atom. The molecule has 1 heterocycles. The highest BCUT2D eigenvalue weighted by atomic mass is 32.2. The number of piperidine rings is 1. The smallest absolute Gasteiger partial charge is 0.256 e. The highest BCUT2D eigenvalue weighted by Gasteiger charge is 2.13. The van der Waals surface area contributed by atoms with Gasteiger partial charge in [0.25, 0.3) is 5.91 Å². The van der Waals surface area contributed by atoms with Gasteiger partial charge in [-0.25, -0.2) is 0 Å². The molecule has 24 heavy (non-hydrogen) atoms. The summed E-state index contributed by atoms with van der Waals surface area (Å²) in [5.41, 5.74) is 2.83. The molecule has 0 aliphatic carbocycles. The minimum absolute atomic E-state index is 0.0442. The Morgan fingerprint density at radius 1 is 1.04 bits per heavy atom. The molecule has 0 radical (unpaired) electrons. The fraction of sp³-hybridized carbons (Fsp3) is 0.350. The summed E-state index contributed by atoms with van der Waals surface area (Å²) >= 11 is 1.69. The van der Waals surface area contributed by atoms with Crippen molar-refractivity contribution in [3.8, 4) is 0 Å². The number of thioether (sulfide) groups is 1. The Bertz CT molecular complexity index is 678. The predicted molar refractivity (Wildman–Crippen MR) is 103 cm³/mol. The second-order valence-electron chi connectivity index (χ2n) is 5.98. The van der Waals surface area contributed by atoms with Crippen LogP contribution in [0.3, 0.4) is 0 Å². The monoisotopic (exact) mass is 340 g/mol. The largest absolute Gasteiger partial charge is 0.372 e. The SMILES string of the molecule is CCSc1ccccc1C(=O)Nc1ccc(N2CCCCC2)cc1. The molecule has 4 heteroatoms. The summed E-state index contributed by atoms with van der Waals surface area (Å²) in [6, 6.07) is 16.0. The zero-order chi connectivity index (χ0) is 16.8. The summed E-state index contributed by atoms with van der Waals surface area (Å²) in [6.45, 7) is 4.36. The zero-order valence-electron chi connectivity index (χ0n) is 14.1. The molecule has 3 rings (SSSR count). The molecule has 0 atom stereocenters. The average molecular weight is 340 g/mol. The Kier molecular flexibility index (Phi) is 5.81. The molecule has 126 valence electrons. The Labute approximate surface area is 148 Å². The van der Waals surface area contributed by atoms with Gasteiger partial charge in [-0.3, -0.25) is 4.79 Å². The number of hydrogen-bond acceptors (Lipinski definition) is 3. The minimum atomic E-state index is -0.0442. The van der Waals surface area contributed by atoms with Gasteiger partial charge in [-0.05, 0) is 61.4 Å². The Hall–Kier alpha value is -1.94. The number of rotatable bonds is 5. The van der Waals surface area contributed by atoms with Gasteiger partial charge >= 0.3 is 0 Å². The lowest BCUT2D eigenvalue weighted by atomic mass is 10.1. The topological polar surface area (TPSA) is 32.3 Å². The van der Waals surface area contributed by atoms with Gasteiger partial charge in [-0.1, -0.05) is 19.1 Å². The lowest BCUT2D eigenvalue weighted by molar-refractivity contribution is 0.102. The van der Waals surface area contributed by atoms with E-state index in [2.05, 4.69) is 29.3 Å². The van der Waals surface area contributed by atoms with E-state index in [9.17, 15) is 4.79 Å². The predicted octanol–water partition coefficient (Wildman–Crippen LogP) is 5.04. The van der Waals surface area contributed by atoms with Crippen LogP contribution in [0.5, 0.6) is 0 Å². The molecule has 0 aromatic heterocycles. The fourth-order valence-corrected chi connectivity index (χ4v) is 3.84. The first-order valence-electron chi connectivity index (χ1n) is 8.66. The first kappa shape index (κ1) is 16.9. The molecular weight excluding hydrogens is 316 g/mol. The van der Waals surface area contributed by atoms with Crippen molar-refractivity contribution in [3.63, 3.8) is 0 Å². The van der Waals surface area contributed by atoms with Crippen molar-refractivity contribution in [2.75, 3.05) is 29.1 Å². The zero-order valence-corrected chi connectivity index (χ0v) is 14.9. The molecule has 2 aromatic rings. The molecule has 0 spiro atoms. The number of nitrogens with one attached hydrogen (secondary N) is 1. The van der Waals surface area contributed by atoms with Crippen LogP contribution in [0.2, 0.25) is 0 Å². The number of anilines is 2. The van der Waals surface area contributed by atoms with Crippen LogP contribution in [0.4, 0.5) is 11.4 Å². The van der Waals surface area contributed by atoms with Gasteiger partial charge in [0, 0.05) is 29.4 Å². The fourth-order valence-electron chi connectivity index (χ4n) is 3.04. The van der Waals surface area contributed by atoms with Crippen molar-refractivity contribution < 1.29 is 4.79 Å². The van der Waals surface area contributed by atoms with E-state index in [0.29, 0.717) is 0 Å². The number of carbonyl (C=O) groups excluding carboxylic acids is 1. The van der Waals surface area contributed by atoms with Gasteiger partial charge in [0.05, 0.1) is 5.56 Å². The quantitative estimate of drug-likeness (QED) is 0.774. The van der Waals surface area contributed by atoms with E-state index in [1.54, 1.807) is 11.8 Å². The van der Waals surface area contributed by atoms with Gasteiger partial charge < -0.3 is 10.2 Å². The molecule has 1 fully saturated rings. The molecular formula is C20H24N2OS. The number of benzene rings is 2. The standard InChI is InChI=1S/C20H24N2OS/c1-2-24-19-9-5-4-8-18(19)20(23)21-16-10-12-17(13-11-16)22-14-6-3-7-15-22/h4-5,8-13H,2-3,6-7,14-15H2,1H3,(H,21,23). The second kappa shape index (κ2) is 8.25. The lowest BCUT2D eigenvalue weighted by Crippen LogP contribution is -2.29. The highest BCUT2D eigenvalue weighted by Crippen LogP contribution is 2.25. The molecule has 0 saturated carbocycles. The van der Waals surface area contributed by atoms with E-state index in [0.717, 1.165) is 35.0 Å². The molecule has 1 aliphatic heterocycles. The van der Waals surface area contributed by atoms with Crippen molar-refractivity contribution in [1.82, 2.24) is 0 Å². The van der Waals surface area contributed by atoms with Crippen LogP contribution in [-0.2, 0) is 0 Å². The molecule has 1 aliphatic rings. The van der Waals surface area contributed by atoms with E-state index >= 15 is 0 Å². The maximum Gasteiger partial charge on any atom is 0.256 e. The third-order valence-corrected chi connectivity index (χ3v) is 5.23. The number of amides is 1. The van der Waals surface area contributed by atoms with Gasteiger partial charge in [-0.2, -0.15) is 0 Å². The first-order chi connectivity index (χ1) is 11.8. The number of hydrogen-bond donors (Lipinski definition) is 1. The van der Waals surface area contributed by atoms with Gasteiger partial charge in [0.1, 0.15) is 0 Å². The van der Waals surface area contributed by atoms with Crippen LogP contribution < -0.4 is 10.2 Å². The Morgan fingerprint density at radius 2 is 1.75 bits per heavy atom. The molecule has 1 N–H and O–H groups in total. The maximum absolute atomic E-state index is 12.6. The number of carbonyl (C=O) groups is 1. The lowest BCUT2D eigenvalue weighted by Gasteiger charge is -2.28. The van der Waals surface area contributed by atoms with Crippen molar-refractivity contribution in [2.24, 2.45) is 0 Å². The van der Waals surface area contributed by atoms with Crippen molar-refractivity contribution in [1.29, 1.82) is 0 Å². The van der Waals surface area contributed by atoms with Crippen LogP contribution in [0, 0.1) is 0 Å². The van der Waals surface area contributed by atoms with Crippen molar-refractivity contribution in [3.05, 3.63) is 54.1 Å². The van der Waals surface area contributed by atoms with Gasteiger partial charge in [-0.15, -0.1) is 11.8 Å². The van der Waals surface area contributed by atoms with Crippen molar-refractivity contribution in [2.45, 2.75) is 31.1 Å². The Balaban J connectivity index is 1.68. The van der Waals surface area contributed by atoms with Crippen LogP contribution in [0.25, 0.3) is 0 Å². The minimum Gasteiger partial charge on any atom is -0.372 e. The van der Waals surface area contributed by atoms with Crippen LogP contribution in [0.15, 0.2) is 53.4 Å². The second-order valence-corrected chi connectivity index (χ2v) is 7.28. The maximum atomic E-state index is 12.6. The summed E-state index contributed by atoms with van der Waals surface area (Å²) < 4.78 is 0. The van der Waals surface area contributed by atoms with Gasteiger partial charge in [0.2, 0.25) is 0 Å². The van der Waals surface area contributed by atoms with Crippen LogP contribution in [-0.4, -0.2) is 24.7 Å². The van der Waals surface area contributed by atoms with E-state index in [4.69, 9.17) is 0 Å². The molecule has 0 unspecified atom stereocenters. The third kappa shape index (κ3) is 4.12. The summed E-state index contributed by atoms with van der Waals surface area (Å²) in [7, 11) is 0. The molecule has 1 amide bonds. The summed E-state index contributed by atoms with van der Waals surface area (Å²) in [5.74, 6) is 0.909. The molecule has 2 aromatic carbocycles. The average Bonchev–Trinajstić information content (AvgIpc) is 2.64. The van der Waals surface area contributed by atoms with E-state index < -0.39 is 0 Å². The summed E-state index contributed by atoms with van der Waals surface area (Å²) in [6.07, 6.45) is 3.87. The van der Waals surface area contributed by atoms with E-state index in [1.165, 1.54) is 24.9 Å². The molecule has 3 nitrogen and oxygen atoms in total. The van der Waals surface area contributed by atoms with E-state index in [1.807, 2.05) is 36.4 Å². The van der Waals surface area contributed by atoms with Gasteiger partial charge in [0.15, 0.2) is 0 Å². The summed E-state index contributed by atoms with van der Waals surface area (Å²) in [4.78, 5) is 16.0. The van der Waals surface area contributed by atoms with Crippen molar-refractivity contribution >= 4 is 29.0 Å². The number of nitrogens with zero attached hydrogens (tertiary/aromatic N) is 1. The summed E-state index contributed by atoms with van der Waals surface area (Å²) in [5, 5.41) is 3.02. The molecule has 1 saturated heterocycles. The third-order valence-electron chi connectivity index (χ3n) is 4.28. The first-order valence-corrected chi connectivity index (χ1v) is 9.64. The highest BCUT2D eigenvalue weighted by molar-refractivity contribution is 7.99. The van der Waals surface area contributed by atoms with Crippen LogP contribution in [0.1, 0.15) is 36.5 Å². The van der Waals surface area contributed by atoms with E-state index in [-0.39, 0.29) is 5.91 Å².